The van der Waals surface area contributed by atoms with Gasteiger partial charge in [-0.3, -0.25) is 9.48 Å². The fourth-order valence-electron chi connectivity index (χ4n) is 4.88. The van der Waals surface area contributed by atoms with Crippen LogP contribution < -0.4 is 0 Å². The van der Waals surface area contributed by atoms with E-state index in [0.29, 0.717) is 33.3 Å². The number of nitrogens with zero attached hydrogens (tertiary/aromatic N) is 5. The Morgan fingerprint density at radius 1 is 1.19 bits per heavy atom. The molecule has 31 heavy (non-hydrogen) atoms. The number of likely N-dealkylation sites (tertiary alicyclic amines) is 2. The number of carbonyl (C=O) groups excluding carboxylic acids is 1. The van der Waals surface area contributed by atoms with Gasteiger partial charge in [0.25, 0.3) is 5.91 Å². The predicted molar refractivity (Wildman–Crippen MR) is 121 cm³/mol. The van der Waals surface area contributed by atoms with Crippen LogP contribution in [0.4, 0.5) is 0 Å². The number of carbonyl (C=O) groups is 1. The van der Waals surface area contributed by atoms with Crippen LogP contribution in [0.5, 0.6) is 0 Å². The van der Waals surface area contributed by atoms with Gasteiger partial charge in [0.15, 0.2) is 0 Å². The minimum absolute atomic E-state index is 0.0574. The van der Waals surface area contributed by atoms with Crippen LogP contribution in [-0.4, -0.2) is 63.4 Å². The van der Waals surface area contributed by atoms with E-state index in [0.717, 1.165) is 31.8 Å². The van der Waals surface area contributed by atoms with Crippen molar-refractivity contribution >= 4 is 17.5 Å². The van der Waals surface area contributed by atoms with Crippen LogP contribution in [0.3, 0.4) is 0 Å². The van der Waals surface area contributed by atoms with Gasteiger partial charge < -0.3 is 14.3 Å². The standard InChI is InChI=1S/C23H34ClN5O2/c1-16(2)5-10-28-11-6-23(7-12-28)8-13-29(14-9-23)22(30)19-20(25-27(4)21(19)24)18-15-17(3)31-26-18/h15-16H,5-14H2,1-4H3. The van der Waals surface area contributed by atoms with Crippen LogP contribution in [0.25, 0.3) is 11.4 Å². The highest BCUT2D eigenvalue weighted by atomic mass is 35.5. The molecule has 0 aromatic carbocycles. The average molecular weight is 448 g/mol. The second kappa shape index (κ2) is 8.94. The van der Waals surface area contributed by atoms with E-state index in [1.807, 2.05) is 11.8 Å². The van der Waals surface area contributed by atoms with Gasteiger partial charge >= 0.3 is 0 Å². The van der Waals surface area contributed by atoms with Gasteiger partial charge in [-0.15, -0.1) is 0 Å². The monoisotopic (exact) mass is 447 g/mol. The molecule has 0 unspecified atom stereocenters. The van der Waals surface area contributed by atoms with Crippen LogP contribution in [-0.2, 0) is 7.05 Å². The zero-order chi connectivity index (χ0) is 22.2. The van der Waals surface area contributed by atoms with Crippen molar-refractivity contribution in [1.29, 1.82) is 0 Å². The lowest BCUT2D eigenvalue weighted by atomic mass is 9.71. The van der Waals surface area contributed by atoms with Crippen molar-refractivity contribution in [2.24, 2.45) is 18.4 Å². The van der Waals surface area contributed by atoms with Crippen molar-refractivity contribution in [2.45, 2.75) is 52.9 Å². The normalized spacial score (nSPS) is 19.5. The molecule has 1 spiro atoms. The molecule has 0 saturated carbocycles. The van der Waals surface area contributed by atoms with Crippen molar-refractivity contribution in [3.63, 3.8) is 0 Å². The zero-order valence-corrected chi connectivity index (χ0v) is 19.9. The first kappa shape index (κ1) is 22.3. The molecule has 1 amide bonds. The lowest BCUT2D eigenvalue weighted by Gasteiger charge is -2.47. The maximum atomic E-state index is 13.4. The first-order chi connectivity index (χ1) is 14.8. The number of piperidine rings is 2. The van der Waals surface area contributed by atoms with E-state index in [4.69, 9.17) is 16.1 Å². The van der Waals surface area contributed by atoms with E-state index in [1.54, 1.807) is 13.1 Å². The molecule has 2 aliphatic rings. The molecule has 2 saturated heterocycles. The van der Waals surface area contributed by atoms with E-state index in [2.05, 4.69) is 29.0 Å². The Balaban J connectivity index is 1.41. The fraction of sp³-hybridized carbons (Fsp3) is 0.696. The van der Waals surface area contributed by atoms with Crippen LogP contribution >= 0.6 is 11.6 Å². The van der Waals surface area contributed by atoms with Gasteiger partial charge in [0.05, 0.1) is 0 Å². The molecule has 4 heterocycles. The Morgan fingerprint density at radius 3 is 2.42 bits per heavy atom. The molecule has 0 radical (unpaired) electrons. The minimum Gasteiger partial charge on any atom is -0.361 e. The van der Waals surface area contributed by atoms with E-state index in [9.17, 15) is 4.79 Å². The topological polar surface area (TPSA) is 67.4 Å². The number of halogens is 1. The molecule has 7 nitrogen and oxygen atoms in total. The summed E-state index contributed by atoms with van der Waals surface area (Å²) < 4.78 is 6.73. The molecule has 0 bridgehead atoms. The molecular weight excluding hydrogens is 414 g/mol. The Labute approximate surface area is 189 Å². The SMILES string of the molecule is Cc1cc(-c2nn(C)c(Cl)c2C(=O)N2CCC3(CCN(CCC(C)C)CC3)CC2)no1. The summed E-state index contributed by atoms with van der Waals surface area (Å²) in [6, 6.07) is 1.79. The Bertz CT molecular complexity index is 917. The molecular formula is C23H34ClN5O2. The summed E-state index contributed by atoms with van der Waals surface area (Å²) in [7, 11) is 1.74. The predicted octanol–water partition coefficient (Wildman–Crippen LogP) is 4.40. The maximum absolute atomic E-state index is 13.4. The molecule has 2 fully saturated rings. The highest BCUT2D eigenvalue weighted by Crippen LogP contribution is 2.42. The Hall–Kier alpha value is -1.86. The van der Waals surface area contributed by atoms with E-state index in [-0.39, 0.29) is 5.91 Å². The third-order valence-electron chi connectivity index (χ3n) is 7.11. The summed E-state index contributed by atoms with van der Waals surface area (Å²) in [6.45, 7) is 11.5. The summed E-state index contributed by atoms with van der Waals surface area (Å²) in [4.78, 5) is 18.0. The summed E-state index contributed by atoms with van der Waals surface area (Å²) >= 11 is 6.48. The Kier molecular flexibility index (Phi) is 6.44. The van der Waals surface area contributed by atoms with Crippen LogP contribution in [0.15, 0.2) is 10.6 Å². The van der Waals surface area contributed by atoms with Gasteiger partial charge in [-0.25, -0.2) is 0 Å². The molecule has 170 valence electrons. The van der Waals surface area contributed by atoms with Crippen LogP contribution in [0.1, 0.15) is 62.1 Å². The number of hydrogen-bond donors (Lipinski definition) is 0. The summed E-state index contributed by atoms with van der Waals surface area (Å²) in [6.07, 6.45) is 5.88. The van der Waals surface area contributed by atoms with Crippen molar-refractivity contribution in [1.82, 2.24) is 24.7 Å². The molecule has 8 heteroatoms. The zero-order valence-electron chi connectivity index (χ0n) is 19.2. The van der Waals surface area contributed by atoms with Gasteiger partial charge in [0.1, 0.15) is 27.9 Å². The molecule has 2 aromatic rings. The average Bonchev–Trinajstić information content (AvgIpc) is 3.31. The Morgan fingerprint density at radius 2 is 1.84 bits per heavy atom. The van der Waals surface area contributed by atoms with Gasteiger partial charge in [-0.1, -0.05) is 30.6 Å². The number of rotatable bonds is 5. The third-order valence-corrected chi connectivity index (χ3v) is 7.55. The lowest BCUT2D eigenvalue weighted by Crippen LogP contribution is -2.48. The molecule has 2 aromatic heterocycles. The van der Waals surface area contributed by atoms with Gasteiger partial charge in [0, 0.05) is 26.2 Å². The lowest BCUT2D eigenvalue weighted by molar-refractivity contribution is 0.0295. The van der Waals surface area contributed by atoms with Crippen molar-refractivity contribution in [3.05, 3.63) is 22.5 Å². The second-order valence-electron chi connectivity index (χ2n) is 9.78. The molecule has 0 N–H and O–H groups in total. The van der Waals surface area contributed by atoms with E-state index in [1.165, 1.54) is 43.6 Å². The second-order valence-corrected chi connectivity index (χ2v) is 10.1. The fourth-order valence-corrected chi connectivity index (χ4v) is 5.09. The van der Waals surface area contributed by atoms with Gasteiger partial charge in [-0.05, 0) is 70.0 Å². The highest BCUT2D eigenvalue weighted by molar-refractivity contribution is 6.33. The van der Waals surface area contributed by atoms with E-state index >= 15 is 0 Å². The smallest absolute Gasteiger partial charge is 0.259 e. The first-order valence-electron chi connectivity index (χ1n) is 11.5. The quantitative estimate of drug-likeness (QED) is 0.679. The number of hydrogen-bond acceptors (Lipinski definition) is 5. The van der Waals surface area contributed by atoms with Gasteiger partial charge in [-0.2, -0.15) is 5.10 Å². The van der Waals surface area contributed by atoms with E-state index < -0.39 is 0 Å². The third kappa shape index (κ3) is 4.67. The number of aromatic nitrogens is 3. The summed E-state index contributed by atoms with van der Waals surface area (Å²) in [5.41, 5.74) is 1.85. The number of amides is 1. The van der Waals surface area contributed by atoms with Crippen molar-refractivity contribution in [3.8, 4) is 11.4 Å². The van der Waals surface area contributed by atoms with Gasteiger partial charge in [0.2, 0.25) is 0 Å². The largest absolute Gasteiger partial charge is 0.361 e. The summed E-state index contributed by atoms with van der Waals surface area (Å²) in [5, 5.41) is 8.83. The van der Waals surface area contributed by atoms with Crippen molar-refractivity contribution < 1.29 is 9.32 Å². The first-order valence-corrected chi connectivity index (χ1v) is 11.8. The van der Waals surface area contributed by atoms with Crippen molar-refractivity contribution in [2.75, 3.05) is 32.7 Å². The highest BCUT2D eigenvalue weighted by Gasteiger charge is 2.39. The van der Waals surface area contributed by atoms with Crippen LogP contribution in [0.2, 0.25) is 5.15 Å². The molecule has 0 aliphatic carbocycles. The maximum Gasteiger partial charge on any atom is 0.259 e. The van der Waals surface area contributed by atoms with Crippen LogP contribution in [0, 0.1) is 18.3 Å². The molecule has 2 aliphatic heterocycles. The molecule has 4 rings (SSSR count). The number of aryl methyl sites for hydroxylation is 2. The molecule has 0 atom stereocenters. The summed E-state index contributed by atoms with van der Waals surface area (Å²) in [5.74, 6) is 1.38. The minimum atomic E-state index is -0.0574.